The number of esters is 1. The zero-order valence-electron chi connectivity index (χ0n) is 11.1. The molecule has 0 aromatic heterocycles. The van der Waals surface area contributed by atoms with Gasteiger partial charge in [0, 0.05) is 6.61 Å². The minimum Gasteiger partial charge on any atom is -0.461 e. The Labute approximate surface area is 112 Å². The fourth-order valence-electron chi connectivity index (χ4n) is 1.50. The fraction of sp³-hybridized carbons (Fsp3) is 0.833. The molecule has 1 aliphatic rings. The molecule has 0 aliphatic carbocycles. The van der Waals surface area contributed by atoms with Gasteiger partial charge in [0.15, 0.2) is 12.9 Å². The fourth-order valence-corrected chi connectivity index (χ4v) is 1.50. The number of ether oxygens (including phenoxy) is 5. The molecular weight excluding hydrogens is 256 g/mol. The quantitative estimate of drug-likeness (QED) is 0.511. The second-order valence-electron chi connectivity index (χ2n) is 3.86. The molecule has 1 aliphatic heterocycles. The number of carbonyl (C=O) groups is 2. The smallest absolute Gasteiger partial charge is 0.461 e. The maximum atomic E-state index is 11.2. The summed E-state index contributed by atoms with van der Waals surface area (Å²) < 4.78 is 24.5. The molecule has 1 atom stereocenters. The Morgan fingerprint density at radius 1 is 1.16 bits per heavy atom. The van der Waals surface area contributed by atoms with Crippen LogP contribution in [-0.4, -0.2) is 51.4 Å². The Kier molecular flexibility index (Phi) is 7.92. The standard InChI is InChI=1S/C12H20O7/c1-2-15-12(14)19-9-10(13)16-7-8-18-11-5-3-4-6-17-11/h11H,2-9H2,1H3. The van der Waals surface area contributed by atoms with Gasteiger partial charge in [0.1, 0.15) is 6.61 Å². The topological polar surface area (TPSA) is 80.3 Å². The van der Waals surface area contributed by atoms with E-state index in [0.717, 1.165) is 19.3 Å². The molecule has 0 N–H and O–H groups in total. The minimum atomic E-state index is -0.883. The summed E-state index contributed by atoms with van der Waals surface area (Å²) in [4.78, 5) is 22.0. The van der Waals surface area contributed by atoms with Crippen molar-refractivity contribution in [2.75, 3.05) is 33.0 Å². The predicted octanol–water partition coefficient (Wildman–Crippen LogP) is 1.25. The van der Waals surface area contributed by atoms with E-state index >= 15 is 0 Å². The van der Waals surface area contributed by atoms with Crippen LogP contribution in [0.2, 0.25) is 0 Å². The van der Waals surface area contributed by atoms with Crippen molar-refractivity contribution in [3.05, 3.63) is 0 Å². The van der Waals surface area contributed by atoms with E-state index in [0.29, 0.717) is 6.61 Å². The van der Waals surface area contributed by atoms with Gasteiger partial charge in [-0.15, -0.1) is 0 Å². The molecule has 1 heterocycles. The van der Waals surface area contributed by atoms with Gasteiger partial charge in [0.05, 0.1) is 13.2 Å². The zero-order chi connectivity index (χ0) is 13.9. The summed E-state index contributed by atoms with van der Waals surface area (Å²) in [6, 6.07) is 0. The SMILES string of the molecule is CCOC(=O)OCC(=O)OCCOC1CCCCO1. The summed E-state index contributed by atoms with van der Waals surface area (Å²) >= 11 is 0. The molecule has 19 heavy (non-hydrogen) atoms. The average molecular weight is 276 g/mol. The highest BCUT2D eigenvalue weighted by atomic mass is 16.7. The van der Waals surface area contributed by atoms with E-state index < -0.39 is 18.7 Å². The summed E-state index contributed by atoms with van der Waals surface area (Å²) in [6.45, 7) is 2.45. The monoisotopic (exact) mass is 276 g/mol. The lowest BCUT2D eigenvalue weighted by Crippen LogP contribution is -2.25. The largest absolute Gasteiger partial charge is 0.508 e. The van der Waals surface area contributed by atoms with Crippen LogP contribution in [0.25, 0.3) is 0 Å². The van der Waals surface area contributed by atoms with Gasteiger partial charge in [0.25, 0.3) is 0 Å². The number of carbonyl (C=O) groups excluding carboxylic acids is 2. The van der Waals surface area contributed by atoms with Crippen molar-refractivity contribution in [1.29, 1.82) is 0 Å². The molecule has 1 unspecified atom stereocenters. The van der Waals surface area contributed by atoms with E-state index in [-0.39, 0.29) is 26.1 Å². The molecule has 0 radical (unpaired) electrons. The number of hydrogen-bond donors (Lipinski definition) is 0. The Morgan fingerprint density at radius 3 is 2.68 bits per heavy atom. The third-order valence-corrected chi connectivity index (χ3v) is 2.36. The summed E-state index contributed by atoms with van der Waals surface area (Å²) in [5.41, 5.74) is 0. The number of hydrogen-bond acceptors (Lipinski definition) is 7. The van der Waals surface area contributed by atoms with Gasteiger partial charge in [0.2, 0.25) is 0 Å². The lowest BCUT2D eigenvalue weighted by molar-refractivity contribution is -0.174. The molecule has 1 rings (SSSR count). The van der Waals surface area contributed by atoms with Gasteiger partial charge in [-0.1, -0.05) is 0 Å². The van der Waals surface area contributed by atoms with Gasteiger partial charge in [-0.25, -0.2) is 9.59 Å². The van der Waals surface area contributed by atoms with Crippen molar-refractivity contribution in [2.45, 2.75) is 32.5 Å². The molecule has 1 fully saturated rings. The molecular formula is C12H20O7. The Morgan fingerprint density at radius 2 is 2.00 bits per heavy atom. The van der Waals surface area contributed by atoms with E-state index in [1.165, 1.54) is 0 Å². The first-order valence-corrected chi connectivity index (χ1v) is 6.40. The minimum absolute atomic E-state index is 0.102. The summed E-state index contributed by atoms with van der Waals surface area (Å²) in [5.74, 6) is -0.638. The Balaban J connectivity index is 1.96. The highest BCUT2D eigenvalue weighted by Crippen LogP contribution is 2.13. The molecule has 0 saturated carbocycles. The van der Waals surface area contributed by atoms with Crippen LogP contribution in [0.5, 0.6) is 0 Å². The van der Waals surface area contributed by atoms with Crippen LogP contribution in [0, 0.1) is 0 Å². The first-order chi connectivity index (χ1) is 9.22. The first kappa shape index (κ1) is 15.7. The molecule has 0 aromatic rings. The summed E-state index contributed by atoms with van der Waals surface area (Å²) in [5, 5.41) is 0. The molecule has 0 aromatic carbocycles. The van der Waals surface area contributed by atoms with Gasteiger partial charge in [-0.3, -0.25) is 0 Å². The van der Waals surface area contributed by atoms with Crippen LogP contribution >= 0.6 is 0 Å². The first-order valence-electron chi connectivity index (χ1n) is 6.40. The van der Waals surface area contributed by atoms with Crippen LogP contribution < -0.4 is 0 Å². The molecule has 7 nitrogen and oxygen atoms in total. The third kappa shape index (κ3) is 7.63. The normalized spacial score (nSPS) is 18.7. The zero-order valence-corrected chi connectivity index (χ0v) is 11.1. The predicted molar refractivity (Wildman–Crippen MR) is 63.5 cm³/mol. The van der Waals surface area contributed by atoms with E-state index in [4.69, 9.17) is 14.2 Å². The molecule has 0 spiro atoms. The van der Waals surface area contributed by atoms with Crippen molar-refractivity contribution in [3.8, 4) is 0 Å². The van der Waals surface area contributed by atoms with Crippen LogP contribution in [0.1, 0.15) is 26.2 Å². The lowest BCUT2D eigenvalue weighted by atomic mass is 10.2. The van der Waals surface area contributed by atoms with E-state index in [9.17, 15) is 9.59 Å². The molecule has 110 valence electrons. The van der Waals surface area contributed by atoms with Crippen molar-refractivity contribution < 1.29 is 33.3 Å². The number of rotatable bonds is 7. The van der Waals surface area contributed by atoms with E-state index in [2.05, 4.69) is 9.47 Å². The highest BCUT2D eigenvalue weighted by Gasteiger charge is 2.14. The van der Waals surface area contributed by atoms with Gasteiger partial charge < -0.3 is 23.7 Å². The average Bonchev–Trinajstić information content (AvgIpc) is 2.43. The highest BCUT2D eigenvalue weighted by molar-refractivity contribution is 5.73. The lowest BCUT2D eigenvalue weighted by Gasteiger charge is -2.22. The van der Waals surface area contributed by atoms with Crippen LogP contribution in [0.3, 0.4) is 0 Å². The second-order valence-corrected chi connectivity index (χ2v) is 3.86. The summed E-state index contributed by atoms with van der Waals surface area (Å²) in [7, 11) is 0. The van der Waals surface area contributed by atoms with Crippen LogP contribution in [0.15, 0.2) is 0 Å². The van der Waals surface area contributed by atoms with Crippen LogP contribution in [-0.2, 0) is 28.5 Å². The van der Waals surface area contributed by atoms with Crippen molar-refractivity contribution in [3.63, 3.8) is 0 Å². The van der Waals surface area contributed by atoms with Crippen molar-refractivity contribution >= 4 is 12.1 Å². The Bertz CT molecular complexity index is 273. The van der Waals surface area contributed by atoms with Crippen LogP contribution in [0.4, 0.5) is 4.79 Å². The van der Waals surface area contributed by atoms with Gasteiger partial charge >= 0.3 is 12.1 Å². The van der Waals surface area contributed by atoms with Gasteiger partial charge in [-0.2, -0.15) is 0 Å². The molecule has 7 heteroatoms. The van der Waals surface area contributed by atoms with Crippen molar-refractivity contribution in [2.24, 2.45) is 0 Å². The van der Waals surface area contributed by atoms with Gasteiger partial charge in [-0.05, 0) is 26.2 Å². The molecule has 0 bridgehead atoms. The van der Waals surface area contributed by atoms with E-state index in [1.807, 2.05) is 0 Å². The van der Waals surface area contributed by atoms with Crippen molar-refractivity contribution in [1.82, 2.24) is 0 Å². The molecule has 0 amide bonds. The maximum absolute atomic E-state index is 11.2. The molecule has 1 saturated heterocycles. The second kappa shape index (κ2) is 9.57. The summed E-state index contributed by atoms with van der Waals surface area (Å²) in [6.07, 6.45) is 1.91. The maximum Gasteiger partial charge on any atom is 0.508 e. The third-order valence-electron chi connectivity index (χ3n) is 2.36. The van der Waals surface area contributed by atoms with E-state index in [1.54, 1.807) is 6.92 Å². The Hall–Kier alpha value is -1.34.